The topological polar surface area (TPSA) is 98.7 Å². The lowest BCUT2D eigenvalue weighted by molar-refractivity contribution is 0.262. The Hall–Kier alpha value is -2.09. The molecule has 0 radical (unpaired) electrons. The number of urea groups is 1. The van der Waals surface area contributed by atoms with E-state index in [-0.39, 0.29) is 16.3 Å². The van der Waals surface area contributed by atoms with E-state index in [0.717, 1.165) is 0 Å². The first-order chi connectivity index (χ1) is 9.95. The molecule has 4 N–H and O–H groups in total. The number of amides is 2. The molecule has 2 rings (SSSR count). The molecule has 2 aromatic carbocycles. The van der Waals surface area contributed by atoms with Gasteiger partial charge in [-0.3, -0.25) is 0 Å². The fourth-order valence-corrected chi connectivity index (χ4v) is 2.09. The number of anilines is 2. The predicted octanol–water partition coefficient (Wildman–Crippen LogP) is 3.27. The van der Waals surface area contributed by atoms with Gasteiger partial charge in [0.15, 0.2) is 11.1 Å². The highest BCUT2D eigenvalue weighted by Crippen LogP contribution is 2.26. The van der Waals surface area contributed by atoms with E-state index in [1.807, 2.05) is 0 Å². The van der Waals surface area contributed by atoms with E-state index in [9.17, 15) is 14.1 Å². The maximum atomic E-state index is 11.8. The SMILES string of the molecule is O=C(Nc1ccc(S(=O)O)cc1)Nc1cc(Cl)ccc1O. The molecule has 21 heavy (non-hydrogen) atoms. The molecule has 0 aliphatic rings. The number of benzene rings is 2. The molecular formula is C13H11ClN2O4S. The van der Waals surface area contributed by atoms with Crippen molar-refractivity contribution in [3.63, 3.8) is 0 Å². The van der Waals surface area contributed by atoms with Crippen LogP contribution in [0.2, 0.25) is 5.02 Å². The Labute approximate surface area is 128 Å². The summed E-state index contributed by atoms with van der Waals surface area (Å²) in [5.74, 6) is -0.111. The number of hydrogen-bond donors (Lipinski definition) is 4. The zero-order chi connectivity index (χ0) is 15.4. The molecule has 0 aliphatic heterocycles. The molecule has 8 heteroatoms. The molecule has 1 unspecified atom stereocenters. The van der Waals surface area contributed by atoms with Crippen molar-refractivity contribution in [3.8, 4) is 5.75 Å². The van der Waals surface area contributed by atoms with Crippen LogP contribution in [0.3, 0.4) is 0 Å². The standard InChI is InChI=1S/C13H11ClN2O4S/c14-8-1-6-12(17)11(7-8)16-13(18)15-9-2-4-10(5-3-9)21(19)20/h1-7,17H,(H,19,20)(H2,15,16,18). The van der Waals surface area contributed by atoms with Gasteiger partial charge in [-0.15, -0.1) is 0 Å². The van der Waals surface area contributed by atoms with E-state index in [0.29, 0.717) is 10.7 Å². The second-order valence-corrected chi connectivity index (χ2v) is 5.42. The van der Waals surface area contributed by atoms with E-state index in [1.165, 1.54) is 42.5 Å². The van der Waals surface area contributed by atoms with Crippen LogP contribution in [0.1, 0.15) is 0 Å². The van der Waals surface area contributed by atoms with Gasteiger partial charge >= 0.3 is 6.03 Å². The van der Waals surface area contributed by atoms with Crippen molar-refractivity contribution in [1.82, 2.24) is 0 Å². The van der Waals surface area contributed by atoms with Gasteiger partial charge in [-0.2, -0.15) is 0 Å². The van der Waals surface area contributed by atoms with Gasteiger partial charge in [-0.05, 0) is 42.5 Å². The van der Waals surface area contributed by atoms with Gasteiger partial charge in [0.1, 0.15) is 5.75 Å². The summed E-state index contributed by atoms with van der Waals surface area (Å²) in [6.07, 6.45) is 0. The largest absolute Gasteiger partial charge is 0.506 e. The molecule has 1 atom stereocenters. The van der Waals surface area contributed by atoms with Gasteiger partial charge in [-0.1, -0.05) is 11.6 Å². The lowest BCUT2D eigenvalue weighted by Gasteiger charge is -2.09. The normalized spacial score (nSPS) is 11.7. The first-order valence-corrected chi connectivity index (χ1v) is 7.21. The molecule has 0 aliphatic carbocycles. The third-order valence-corrected chi connectivity index (χ3v) is 3.43. The average molecular weight is 327 g/mol. The second-order valence-electron chi connectivity index (χ2n) is 4.01. The number of hydrogen-bond acceptors (Lipinski definition) is 3. The van der Waals surface area contributed by atoms with Gasteiger partial charge in [0, 0.05) is 10.7 Å². The van der Waals surface area contributed by atoms with Crippen molar-refractivity contribution < 1.29 is 18.7 Å². The zero-order valence-corrected chi connectivity index (χ0v) is 12.1. The van der Waals surface area contributed by atoms with E-state index in [2.05, 4.69) is 10.6 Å². The van der Waals surface area contributed by atoms with Gasteiger partial charge in [-0.25, -0.2) is 9.00 Å². The van der Waals surface area contributed by atoms with Gasteiger partial charge in [0.2, 0.25) is 0 Å². The number of rotatable bonds is 3. The summed E-state index contributed by atoms with van der Waals surface area (Å²) in [5.41, 5.74) is 0.608. The summed E-state index contributed by atoms with van der Waals surface area (Å²) in [4.78, 5) is 12.0. The molecule has 0 aromatic heterocycles. The number of nitrogens with one attached hydrogen (secondary N) is 2. The molecular weight excluding hydrogens is 316 g/mol. The summed E-state index contributed by atoms with van der Waals surface area (Å²) in [6.45, 7) is 0. The van der Waals surface area contributed by atoms with E-state index < -0.39 is 17.1 Å². The Balaban J connectivity index is 2.04. The molecule has 2 aromatic rings. The van der Waals surface area contributed by atoms with Crippen molar-refractivity contribution in [2.45, 2.75) is 4.90 Å². The van der Waals surface area contributed by atoms with Crippen molar-refractivity contribution in [1.29, 1.82) is 0 Å². The van der Waals surface area contributed by atoms with Gasteiger partial charge < -0.3 is 20.3 Å². The third-order valence-electron chi connectivity index (χ3n) is 2.52. The first kappa shape index (κ1) is 15.3. The minimum atomic E-state index is -2.06. The van der Waals surface area contributed by atoms with E-state index in [1.54, 1.807) is 0 Å². The van der Waals surface area contributed by atoms with Crippen LogP contribution in [0.5, 0.6) is 5.75 Å². The fraction of sp³-hybridized carbons (Fsp3) is 0. The van der Waals surface area contributed by atoms with Gasteiger partial charge in [0.05, 0.1) is 10.6 Å². The number of aromatic hydroxyl groups is 1. The van der Waals surface area contributed by atoms with E-state index >= 15 is 0 Å². The highest BCUT2D eigenvalue weighted by Gasteiger charge is 2.08. The van der Waals surface area contributed by atoms with Crippen molar-refractivity contribution in [3.05, 3.63) is 47.5 Å². The number of carbonyl (C=O) groups excluding carboxylic acids is 1. The highest BCUT2D eigenvalue weighted by molar-refractivity contribution is 7.79. The first-order valence-electron chi connectivity index (χ1n) is 5.73. The molecule has 0 saturated carbocycles. The fourth-order valence-electron chi connectivity index (χ4n) is 1.55. The molecule has 6 nitrogen and oxygen atoms in total. The Morgan fingerprint density at radius 3 is 2.38 bits per heavy atom. The van der Waals surface area contributed by atoms with Crippen LogP contribution in [0.25, 0.3) is 0 Å². The van der Waals surface area contributed by atoms with Crippen LogP contribution >= 0.6 is 11.6 Å². The Bertz CT molecular complexity index is 691. The lowest BCUT2D eigenvalue weighted by Crippen LogP contribution is -2.19. The maximum absolute atomic E-state index is 11.8. The lowest BCUT2D eigenvalue weighted by atomic mass is 10.3. The summed E-state index contributed by atoms with van der Waals surface area (Å²) < 4.78 is 19.7. The molecule has 2 amide bonds. The van der Waals surface area contributed by atoms with Crippen LogP contribution in [0.4, 0.5) is 16.2 Å². The van der Waals surface area contributed by atoms with Crippen molar-refractivity contribution in [2.24, 2.45) is 0 Å². The maximum Gasteiger partial charge on any atom is 0.323 e. The Kier molecular flexibility index (Phi) is 4.79. The molecule has 0 saturated heterocycles. The molecule has 0 fully saturated rings. The Morgan fingerprint density at radius 2 is 1.76 bits per heavy atom. The van der Waals surface area contributed by atoms with Crippen LogP contribution < -0.4 is 10.6 Å². The minimum Gasteiger partial charge on any atom is -0.506 e. The summed E-state index contributed by atoms with van der Waals surface area (Å²) >= 11 is 3.71. The van der Waals surface area contributed by atoms with Crippen LogP contribution in [0, 0.1) is 0 Å². The molecule has 0 heterocycles. The number of phenolic OH excluding ortho intramolecular Hbond substituents is 1. The summed E-state index contributed by atoms with van der Waals surface area (Å²) in [6, 6.07) is 9.50. The Morgan fingerprint density at radius 1 is 1.10 bits per heavy atom. The number of halogens is 1. The smallest absolute Gasteiger partial charge is 0.323 e. The highest BCUT2D eigenvalue weighted by atomic mass is 35.5. The quantitative estimate of drug-likeness (QED) is 0.514. The molecule has 110 valence electrons. The number of carbonyl (C=O) groups is 1. The molecule has 0 spiro atoms. The van der Waals surface area contributed by atoms with Crippen LogP contribution in [0.15, 0.2) is 47.4 Å². The predicted molar refractivity (Wildman–Crippen MR) is 81.2 cm³/mol. The zero-order valence-electron chi connectivity index (χ0n) is 10.5. The monoisotopic (exact) mass is 326 g/mol. The van der Waals surface area contributed by atoms with Gasteiger partial charge in [0.25, 0.3) is 0 Å². The second kappa shape index (κ2) is 6.57. The summed E-state index contributed by atoms with van der Waals surface area (Å²) in [5, 5.41) is 14.9. The van der Waals surface area contributed by atoms with Crippen LogP contribution in [-0.2, 0) is 11.1 Å². The van der Waals surface area contributed by atoms with Crippen molar-refractivity contribution >= 4 is 40.1 Å². The molecule has 0 bridgehead atoms. The number of phenols is 1. The summed E-state index contributed by atoms with van der Waals surface area (Å²) in [7, 11) is 0. The third kappa shape index (κ3) is 4.19. The van der Waals surface area contributed by atoms with E-state index in [4.69, 9.17) is 16.2 Å². The van der Waals surface area contributed by atoms with Crippen molar-refractivity contribution in [2.75, 3.05) is 10.6 Å². The minimum absolute atomic E-state index is 0.111. The average Bonchev–Trinajstić information content (AvgIpc) is 2.43. The van der Waals surface area contributed by atoms with Crippen LogP contribution in [-0.4, -0.2) is 19.9 Å².